The number of benzene rings is 2. The lowest BCUT2D eigenvalue weighted by atomic mass is 9.83. The van der Waals surface area contributed by atoms with Crippen molar-refractivity contribution >= 4 is 22.6 Å². The second kappa shape index (κ2) is 9.34. The zero-order valence-corrected chi connectivity index (χ0v) is 19.0. The molecule has 2 fully saturated rings. The van der Waals surface area contributed by atoms with Gasteiger partial charge in [-0.05, 0) is 66.5 Å². The quantitative estimate of drug-likeness (QED) is 0.588. The Bertz CT molecular complexity index is 1140. The Morgan fingerprint density at radius 2 is 1.97 bits per heavy atom. The molecule has 3 aromatic rings. The highest BCUT2D eigenvalue weighted by Crippen LogP contribution is 2.35. The summed E-state index contributed by atoms with van der Waals surface area (Å²) in [7, 11) is 0. The Morgan fingerprint density at radius 1 is 1.09 bits per heavy atom. The fourth-order valence-electron chi connectivity index (χ4n) is 5.63. The number of aromatic nitrogens is 1. The van der Waals surface area contributed by atoms with E-state index in [9.17, 15) is 9.59 Å². The van der Waals surface area contributed by atoms with Crippen LogP contribution in [0.1, 0.15) is 62.1 Å². The second-order valence-electron chi connectivity index (χ2n) is 9.53. The normalized spacial score (nSPS) is 23.0. The first kappa shape index (κ1) is 21.6. The van der Waals surface area contributed by atoms with E-state index in [2.05, 4.69) is 58.8 Å². The lowest BCUT2D eigenvalue weighted by Gasteiger charge is -2.37. The van der Waals surface area contributed by atoms with Crippen LogP contribution in [-0.4, -0.2) is 33.8 Å². The van der Waals surface area contributed by atoms with Gasteiger partial charge in [0.25, 0.3) is 0 Å². The van der Waals surface area contributed by atoms with Crippen molar-refractivity contribution in [2.45, 2.75) is 62.9 Å². The monoisotopic (exact) mass is 441 g/mol. The Balaban J connectivity index is 1.34. The molecule has 0 saturated carbocycles. The predicted octanol–water partition coefficient (Wildman–Crippen LogP) is 4.96. The highest BCUT2D eigenvalue weighted by Gasteiger charge is 2.39. The SMILES string of the molecule is O=C1CCC(CCC(=O)N2CCCCC2c2cccnc2)(Cc2cccc3ccccc23)N1. The van der Waals surface area contributed by atoms with Crippen molar-refractivity contribution in [1.29, 1.82) is 0 Å². The third kappa shape index (κ3) is 4.63. The summed E-state index contributed by atoms with van der Waals surface area (Å²) in [6.07, 6.45) is 9.97. The van der Waals surface area contributed by atoms with E-state index in [1.54, 1.807) is 6.20 Å². The molecule has 170 valence electrons. The number of pyridine rings is 1. The molecule has 33 heavy (non-hydrogen) atoms. The molecule has 2 aliphatic heterocycles. The van der Waals surface area contributed by atoms with Crippen LogP contribution in [-0.2, 0) is 16.0 Å². The van der Waals surface area contributed by atoms with Crippen molar-refractivity contribution in [2.75, 3.05) is 6.54 Å². The minimum Gasteiger partial charge on any atom is -0.350 e. The van der Waals surface area contributed by atoms with E-state index in [1.165, 1.54) is 16.3 Å². The first-order valence-corrected chi connectivity index (χ1v) is 12.1. The van der Waals surface area contributed by atoms with Crippen LogP contribution in [0.4, 0.5) is 0 Å². The molecule has 2 aliphatic rings. The zero-order valence-electron chi connectivity index (χ0n) is 19.0. The van der Waals surface area contributed by atoms with Crippen LogP contribution in [0, 0.1) is 0 Å². The third-order valence-corrected chi connectivity index (χ3v) is 7.35. The van der Waals surface area contributed by atoms with Gasteiger partial charge >= 0.3 is 0 Å². The molecule has 2 amide bonds. The maximum absolute atomic E-state index is 13.4. The minimum absolute atomic E-state index is 0.0916. The van der Waals surface area contributed by atoms with Crippen molar-refractivity contribution in [3.8, 4) is 0 Å². The lowest BCUT2D eigenvalue weighted by molar-refractivity contribution is -0.135. The van der Waals surface area contributed by atoms with Crippen LogP contribution >= 0.6 is 0 Å². The van der Waals surface area contributed by atoms with Gasteiger partial charge in [-0.1, -0.05) is 48.5 Å². The molecule has 0 bridgehead atoms. The molecular formula is C28H31N3O2. The Morgan fingerprint density at radius 3 is 2.79 bits per heavy atom. The van der Waals surface area contributed by atoms with Gasteiger partial charge in [-0.3, -0.25) is 14.6 Å². The number of likely N-dealkylation sites (tertiary alicyclic amines) is 1. The number of hydrogen-bond acceptors (Lipinski definition) is 3. The van der Waals surface area contributed by atoms with Crippen molar-refractivity contribution in [2.24, 2.45) is 0 Å². The van der Waals surface area contributed by atoms with Gasteiger partial charge in [0.05, 0.1) is 6.04 Å². The molecule has 5 heteroatoms. The van der Waals surface area contributed by atoms with Crippen molar-refractivity contribution < 1.29 is 9.59 Å². The van der Waals surface area contributed by atoms with Gasteiger partial charge in [-0.25, -0.2) is 0 Å². The highest BCUT2D eigenvalue weighted by atomic mass is 16.2. The third-order valence-electron chi connectivity index (χ3n) is 7.35. The number of rotatable bonds is 6. The number of nitrogens with zero attached hydrogens (tertiary/aromatic N) is 2. The summed E-state index contributed by atoms with van der Waals surface area (Å²) in [5.74, 6) is 0.274. The van der Waals surface area contributed by atoms with Gasteiger partial charge in [0.15, 0.2) is 0 Å². The largest absolute Gasteiger partial charge is 0.350 e. The molecule has 1 aromatic heterocycles. The van der Waals surface area contributed by atoms with E-state index in [4.69, 9.17) is 0 Å². The van der Waals surface area contributed by atoms with Crippen LogP contribution in [0.2, 0.25) is 0 Å². The molecule has 5 nitrogen and oxygen atoms in total. The topological polar surface area (TPSA) is 62.3 Å². The highest BCUT2D eigenvalue weighted by molar-refractivity contribution is 5.86. The summed E-state index contributed by atoms with van der Waals surface area (Å²) < 4.78 is 0. The molecule has 1 N–H and O–H groups in total. The Labute approximate surface area is 195 Å². The van der Waals surface area contributed by atoms with E-state index >= 15 is 0 Å². The van der Waals surface area contributed by atoms with E-state index < -0.39 is 0 Å². The maximum Gasteiger partial charge on any atom is 0.223 e. The fourth-order valence-corrected chi connectivity index (χ4v) is 5.63. The summed E-state index contributed by atoms with van der Waals surface area (Å²) >= 11 is 0. The lowest BCUT2D eigenvalue weighted by Crippen LogP contribution is -2.45. The number of hydrogen-bond donors (Lipinski definition) is 1. The van der Waals surface area contributed by atoms with Crippen LogP contribution < -0.4 is 5.32 Å². The average molecular weight is 442 g/mol. The zero-order chi connectivity index (χ0) is 22.7. The molecule has 0 radical (unpaired) electrons. The number of piperidine rings is 1. The van der Waals surface area contributed by atoms with Crippen LogP contribution in [0.5, 0.6) is 0 Å². The van der Waals surface area contributed by atoms with Crippen molar-refractivity contribution in [1.82, 2.24) is 15.2 Å². The van der Waals surface area contributed by atoms with E-state index in [0.29, 0.717) is 19.3 Å². The summed E-state index contributed by atoms with van der Waals surface area (Å²) in [4.78, 5) is 32.0. The molecule has 2 saturated heterocycles. The summed E-state index contributed by atoms with van der Waals surface area (Å²) in [6.45, 7) is 0.793. The smallest absolute Gasteiger partial charge is 0.223 e. The fraction of sp³-hybridized carbons (Fsp3) is 0.393. The summed E-state index contributed by atoms with van der Waals surface area (Å²) in [6, 6.07) is 18.9. The van der Waals surface area contributed by atoms with Gasteiger partial charge < -0.3 is 10.2 Å². The first-order valence-electron chi connectivity index (χ1n) is 12.1. The first-order chi connectivity index (χ1) is 16.1. The molecule has 0 spiro atoms. The number of amides is 2. The maximum atomic E-state index is 13.4. The molecule has 2 unspecified atom stereocenters. The Hall–Kier alpha value is -3.21. The molecular weight excluding hydrogens is 410 g/mol. The summed E-state index contributed by atoms with van der Waals surface area (Å²) in [5.41, 5.74) is 1.98. The molecule has 5 rings (SSSR count). The van der Waals surface area contributed by atoms with E-state index in [1.807, 2.05) is 17.2 Å². The average Bonchev–Trinajstić information content (AvgIpc) is 3.23. The second-order valence-corrected chi connectivity index (χ2v) is 9.53. The molecule has 3 heterocycles. The molecule has 2 aromatic carbocycles. The number of carbonyl (C=O) groups excluding carboxylic acids is 2. The Kier molecular flexibility index (Phi) is 6.12. The standard InChI is InChI=1S/C28H31N3O2/c32-26-13-15-28(30-26,19-22-9-5-8-21-7-1-2-11-24(21)22)16-14-27(33)31-18-4-3-12-25(31)23-10-6-17-29-20-23/h1-2,5-11,17,20,25H,3-4,12-16,18-19H2,(H,30,32). The summed E-state index contributed by atoms with van der Waals surface area (Å²) in [5, 5.41) is 5.69. The van der Waals surface area contributed by atoms with Crippen LogP contribution in [0.3, 0.4) is 0 Å². The van der Waals surface area contributed by atoms with E-state index in [0.717, 1.165) is 44.2 Å². The van der Waals surface area contributed by atoms with Gasteiger partial charge in [0.2, 0.25) is 11.8 Å². The minimum atomic E-state index is -0.365. The van der Waals surface area contributed by atoms with Gasteiger partial charge in [0, 0.05) is 37.3 Å². The van der Waals surface area contributed by atoms with Crippen molar-refractivity contribution in [3.05, 3.63) is 78.1 Å². The van der Waals surface area contributed by atoms with E-state index in [-0.39, 0.29) is 23.4 Å². The van der Waals surface area contributed by atoms with Crippen LogP contribution in [0.15, 0.2) is 67.0 Å². The number of fused-ring (bicyclic) bond motifs is 1. The molecule has 0 aliphatic carbocycles. The number of nitrogens with one attached hydrogen (secondary N) is 1. The van der Waals surface area contributed by atoms with Gasteiger partial charge in [-0.15, -0.1) is 0 Å². The van der Waals surface area contributed by atoms with Crippen molar-refractivity contribution in [3.63, 3.8) is 0 Å². The van der Waals surface area contributed by atoms with Gasteiger partial charge in [0.1, 0.15) is 0 Å². The van der Waals surface area contributed by atoms with Crippen LogP contribution in [0.25, 0.3) is 10.8 Å². The van der Waals surface area contributed by atoms with Gasteiger partial charge in [-0.2, -0.15) is 0 Å². The number of carbonyl (C=O) groups is 2. The predicted molar refractivity (Wildman–Crippen MR) is 130 cm³/mol. The molecule has 2 atom stereocenters.